The van der Waals surface area contributed by atoms with E-state index in [1.54, 1.807) is 10.9 Å². The van der Waals surface area contributed by atoms with E-state index >= 15 is 0 Å². The standard InChI is InChI=1S/C19H23N5O3/c1-11-15-9-12(10-20-17(15)23(2)22-11)21-16(25)7-8-24-18(26)13-5-3-4-6-14(13)19(24)27/h9-10,13-14H,3-8H2,1-2H3,(H,21,25). The summed E-state index contributed by atoms with van der Waals surface area (Å²) in [6.45, 7) is 2.03. The van der Waals surface area contributed by atoms with Crippen molar-refractivity contribution < 1.29 is 14.4 Å². The molecule has 142 valence electrons. The van der Waals surface area contributed by atoms with E-state index in [2.05, 4.69) is 15.4 Å². The molecule has 1 saturated heterocycles. The highest BCUT2D eigenvalue weighted by atomic mass is 16.2. The molecule has 8 nitrogen and oxygen atoms in total. The van der Waals surface area contributed by atoms with Gasteiger partial charge in [-0.1, -0.05) is 12.8 Å². The third kappa shape index (κ3) is 3.09. The van der Waals surface area contributed by atoms with Crippen LogP contribution in [0.3, 0.4) is 0 Å². The summed E-state index contributed by atoms with van der Waals surface area (Å²) in [7, 11) is 1.82. The Kier molecular flexibility index (Phi) is 4.41. The maximum absolute atomic E-state index is 12.5. The first-order chi connectivity index (χ1) is 13.0. The zero-order chi connectivity index (χ0) is 19.1. The number of aromatic nitrogens is 3. The quantitative estimate of drug-likeness (QED) is 0.829. The number of amides is 3. The number of carbonyl (C=O) groups is 3. The van der Waals surface area contributed by atoms with Crippen molar-refractivity contribution in [1.29, 1.82) is 0 Å². The fraction of sp³-hybridized carbons (Fsp3) is 0.526. The van der Waals surface area contributed by atoms with Crippen molar-refractivity contribution in [2.45, 2.75) is 39.0 Å². The molecule has 8 heteroatoms. The lowest BCUT2D eigenvalue weighted by molar-refractivity contribution is -0.140. The Bertz CT molecular complexity index is 911. The molecule has 2 unspecified atom stereocenters. The van der Waals surface area contributed by atoms with Gasteiger partial charge in [-0.2, -0.15) is 5.10 Å². The van der Waals surface area contributed by atoms with Crippen LogP contribution in [0, 0.1) is 18.8 Å². The van der Waals surface area contributed by atoms with Crippen LogP contribution >= 0.6 is 0 Å². The van der Waals surface area contributed by atoms with Gasteiger partial charge in [0.25, 0.3) is 0 Å². The van der Waals surface area contributed by atoms with Crippen LogP contribution in [0.15, 0.2) is 12.3 Å². The predicted molar refractivity (Wildman–Crippen MR) is 98.7 cm³/mol. The molecule has 3 heterocycles. The molecule has 1 aliphatic heterocycles. The lowest BCUT2D eigenvalue weighted by Gasteiger charge is -2.19. The van der Waals surface area contributed by atoms with Gasteiger partial charge in [0.1, 0.15) is 0 Å². The molecule has 1 N–H and O–H groups in total. The average molecular weight is 369 g/mol. The second-order valence-corrected chi connectivity index (χ2v) is 7.43. The topological polar surface area (TPSA) is 97.2 Å². The summed E-state index contributed by atoms with van der Waals surface area (Å²) >= 11 is 0. The Morgan fingerprint density at radius 3 is 2.56 bits per heavy atom. The van der Waals surface area contributed by atoms with E-state index in [4.69, 9.17) is 0 Å². The van der Waals surface area contributed by atoms with Gasteiger partial charge in [-0.15, -0.1) is 0 Å². The van der Waals surface area contributed by atoms with Crippen molar-refractivity contribution in [3.63, 3.8) is 0 Å². The van der Waals surface area contributed by atoms with E-state index in [1.807, 2.05) is 20.0 Å². The summed E-state index contributed by atoms with van der Waals surface area (Å²) in [5.41, 5.74) is 2.17. The van der Waals surface area contributed by atoms with Crippen LogP contribution in [-0.2, 0) is 21.4 Å². The number of pyridine rings is 1. The number of aryl methyl sites for hydroxylation is 2. The first kappa shape index (κ1) is 17.6. The van der Waals surface area contributed by atoms with E-state index in [-0.39, 0.29) is 42.5 Å². The molecular weight excluding hydrogens is 346 g/mol. The molecule has 27 heavy (non-hydrogen) atoms. The highest BCUT2D eigenvalue weighted by Crippen LogP contribution is 2.38. The Morgan fingerprint density at radius 1 is 1.22 bits per heavy atom. The minimum absolute atomic E-state index is 0.0843. The number of rotatable bonds is 4. The first-order valence-electron chi connectivity index (χ1n) is 9.40. The summed E-state index contributed by atoms with van der Waals surface area (Å²) in [5.74, 6) is -0.796. The minimum atomic E-state index is -0.242. The zero-order valence-corrected chi connectivity index (χ0v) is 15.6. The van der Waals surface area contributed by atoms with E-state index in [0.29, 0.717) is 5.69 Å². The van der Waals surface area contributed by atoms with Crippen molar-refractivity contribution >= 4 is 34.4 Å². The van der Waals surface area contributed by atoms with Gasteiger partial charge in [-0.05, 0) is 25.8 Å². The number of fused-ring (bicyclic) bond motifs is 2. The lowest BCUT2D eigenvalue weighted by atomic mass is 9.81. The highest BCUT2D eigenvalue weighted by molar-refractivity contribution is 6.05. The van der Waals surface area contributed by atoms with Crippen LogP contribution in [-0.4, -0.2) is 43.9 Å². The molecular formula is C19H23N5O3. The third-order valence-corrected chi connectivity index (χ3v) is 5.64. The van der Waals surface area contributed by atoms with Crippen LogP contribution in [0.2, 0.25) is 0 Å². The number of hydrogen-bond donors (Lipinski definition) is 1. The van der Waals surface area contributed by atoms with Gasteiger partial charge in [-0.3, -0.25) is 24.0 Å². The van der Waals surface area contributed by atoms with E-state index in [1.165, 1.54) is 4.90 Å². The summed E-state index contributed by atoms with van der Waals surface area (Å²) in [6.07, 6.45) is 5.24. The molecule has 1 aliphatic carbocycles. The molecule has 1 saturated carbocycles. The molecule has 2 aliphatic rings. The number of nitrogens with zero attached hydrogens (tertiary/aromatic N) is 4. The largest absolute Gasteiger partial charge is 0.325 e. The molecule has 4 rings (SSSR count). The summed E-state index contributed by atoms with van der Waals surface area (Å²) in [6, 6.07) is 1.84. The van der Waals surface area contributed by atoms with Gasteiger partial charge in [0, 0.05) is 25.4 Å². The zero-order valence-electron chi connectivity index (χ0n) is 15.6. The van der Waals surface area contributed by atoms with Gasteiger partial charge < -0.3 is 5.32 Å². The molecule has 0 aromatic carbocycles. The maximum atomic E-state index is 12.5. The molecule has 2 aromatic heterocycles. The Balaban J connectivity index is 1.39. The Hall–Kier alpha value is -2.77. The SMILES string of the molecule is Cc1nn(C)c2ncc(NC(=O)CCN3C(=O)C4CCCCC4C3=O)cc12. The average Bonchev–Trinajstić information content (AvgIpc) is 3.07. The number of likely N-dealkylation sites (tertiary alicyclic amines) is 1. The molecule has 2 atom stereocenters. The number of hydrogen-bond acceptors (Lipinski definition) is 5. The monoisotopic (exact) mass is 369 g/mol. The molecule has 3 amide bonds. The van der Waals surface area contributed by atoms with Gasteiger partial charge >= 0.3 is 0 Å². The second-order valence-electron chi connectivity index (χ2n) is 7.43. The molecule has 2 aromatic rings. The minimum Gasteiger partial charge on any atom is -0.325 e. The Labute approximate surface area is 156 Å². The predicted octanol–water partition coefficient (Wildman–Crippen LogP) is 1.78. The second kappa shape index (κ2) is 6.75. The van der Waals surface area contributed by atoms with Crippen molar-refractivity contribution in [3.05, 3.63) is 18.0 Å². The number of imide groups is 1. The van der Waals surface area contributed by atoms with E-state index in [0.717, 1.165) is 42.4 Å². The number of nitrogens with one attached hydrogen (secondary N) is 1. The van der Waals surface area contributed by atoms with Gasteiger partial charge in [0.15, 0.2) is 5.65 Å². The smallest absolute Gasteiger partial charge is 0.233 e. The van der Waals surface area contributed by atoms with Crippen molar-refractivity contribution in [3.8, 4) is 0 Å². The molecule has 2 fully saturated rings. The first-order valence-corrected chi connectivity index (χ1v) is 9.40. The Morgan fingerprint density at radius 2 is 1.89 bits per heavy atom. The van der Waals surface area contributed by atoms with Crippen molar-refractivity contribution in [1.82, 2.24) is 19.7 Å². The van der Waals surface area contributed by atoms with Crippen molar-refractivity contribution in [2.75, 3.05) is 11.9 Å². The fourth-order valence-electron chi connectivity index (χ4n) is 4.26. The summed E-state index contributed by atoms with van der Waals surface area (Å²) in [4.78, 5) is 42.9. The fourth-order valence-corrected chi connectivity index (χ4v) is 4.26. The van der Waals surface area contributed by atoms with Gasteiger partial charge in [0.05, 0.1) is 29.4 Å². The van der Waals surface area contributed by atoms with Crippen LogP contribution in [0.1, 0.15) is 37.8 Å². The summed E-state index contributed by atoms with van der Waals surface area (Å²) < 4.78 is 1.69. The third-order valence-electron chi connectivity index (χ3n) is 5.64. The van der Waals surface area contributed by atoms with Crippen molar-refractivity contribution in [2.24, 2.45) is 18.9 Å². The van der Waals surface area contributed by atoms with Gasteiger partial charge in [0.2, 0.25) is 17.7 Å². The van der Waals surface area contributed by atoms with Crippen LogP contribution in [0.5, 0.6) is 0 Å². The van der Waals surface area contributed by atoms with E-state index < -0.39 is 0 Å². The molecule has 0 radical (unpaired) electrons. The summed E-state index contributed by atoms with van der Waals surface area (Å²) in [5, 5.41) is 7.99. The number of carbonyl (C=O) groups excluding carboxylic acids is 3. The number of anilines is 1. The van der Waals surface area contributed by atoms with Crippen LogP contribution < -0.4 is 5.32 Å². The molecule has 0 spiro atoms. The van der Waals surface area contributed by atoms with Gasteiger partial charge in [-0.25, -0.2) is 4.98 Å². The maximum Gasteiger partial charge on any atom is 0.233 e. The van der Waals surface area contributed by atoms with Crippen LogP contribution in [0.4, 0.5) is 5.69 Å². The normalized spacial score (nSPS) is 22.4. The molecule has 0 bridgehead atoms. The lowest BCUT2D eigenvalue weighted by Crippen LogP contribution is -2.34. The van der Waals surface area contributed by atoms with E-state index in [9.17, 15) is 14.4 Å². The highest BCUT2D eigenvalue weighted by Gasteiger charge is 2.47. The van der Waals surface area contributed by atoms with Crippen LogP contribution in [0.25, 0.3) is 11.0 Å².